The Bertz CT molecular complexity index is 473. The summed E-state index contributed by atoms with van der Waals surface area (Å²) in [5, 5.41) is 6.19. The number of halogens is 1. The number of benzene rings is 1. The molecule has 1 aliphatic rings. The molecule has 1 amide bonds. The first kappa shape index (κ1) is 15.0. The van der Waals surface area contributed by atoms with Gasteiger partial charge in [-0.25, -0.2) is 4.39 Å². The maximum Gasteiger partial charge on any atom is 0.230 e. The highest BCUT2D eigenvalue weighted by molar-refractivity contribution is 5.95. The second kappa shape index (κ2) is 5.92. The summed E-state index contributed by atoms with van der Waals surface area (Å²) in [5.41, 5.74) is 0.870. The van der Waals surface area contributed by atoms with Crippen LogP contribution >= 0.6 is 0 Å². The molecule has 0 spiro atoms. The van der Waals surface area contributed by atoms with Gasteiger partial charge in [0.2, 0.25) is 5.91 Å². The fraction of sp³-hybridized carbons (Fsp3) is 0.562. The highest BCUT2D eigenvalue weighted by Gasteiger charge is 2.37. The third-order valence-electron chi connectivity index (χ3n) is 4.20. The summed E-state index contributed by atoms with van der Waals surface area (Å²) >= 11 is 0. The molecule has 1 fully saturated rings. The number of hydrogen-bond donors (Lipinski definition) is 2. The molecule has 0 radical (unpaired) electrons. The van der Waals surface area contributed by atoms with Crippen LogP contribution in [-0.4, -0.2) is 19.0 Å². The van der Waals surface area contributed by atoms with Gasteiger partial charge in [-0.05, 0) is 62.5 Å². The molecular weight excluding hydrogens is 255 g/mol. The van der Waals surface area contributed by atoms with Crippen LogP contribution in [-0.2, 0) is 4.79 Å². The van der Waals surface area contributed by atoms with Crippen molar-refractivity contribution >= 4 is 11.6 Å². The third-order valence-corrected chi connectivity index (χ3v) is 4.20. The standard InChI is InChI=1S/C16H23FN2O/c1-11-7-13(17)9-14(8-11)19-15(20)16(2,3)12-5-4-6-18-10-12/h7-9,12,18H,4-6,10H2,1-3H3,(H,19,20). The van der Waals surface area contributed by atoms with E-state index in [1.165, 1.54) is 12.1 Å². The highest BCUT2D eigenvalue weighted by Crippen LogP contribution is 2.33. The summed E-state index contributed by atoms with van der Waals surface area (Å²) in [4.78, 5) is 12.5. The van der Waals surface area contributed by atoms with Crippen LogP contribution in [0.5, 0.6) is 0 Å². The third kappa shape index (κ3) is 3.37. The molecule has 2 N–H and O–H groups in total. The Balaban J connectivity index is 2.09. The van der Waals surface area contributed by atoms with Gasteiger partial charge in [0.25, 0.3) is 0 Å². The van der Waals surface area contributed by atoms with Crippen molar-refractivity contribution in [2.24, 2.45) is 11.3 Å². The number of nitrogens with one attached hydrogen (secondary N) is 2. The Labute approximate surface area is 120 Å². The summed E-state index contributed by atoms with van der Waals surface area (Å²) in [6.45, 7) is 7.63. The maximum absolute atomic E-state index is 13.4. The predicted octanol–water partition coefficient (Wildman–Crippen LogP) is 3.10. The molecule has 3 nitrogen and oxygen atoms in total. The first-order valence-electron chi connectivity index (χ1n) is 7.19. The van der Waals surface area contributed by atoms with E-state index < -0.39 is 5.41 Å². The van der Waals surface area contributed by atoms with Crippen LogP contribution in [0.25, 0.3) is 0 Å². The van der Waals surface area contributed by atoms with Gasteiger partial charge in [0.15, 0.2) is 0 Å². The van der Waals surface area contributed by atoms with Crippen LogP contribution in [0.1, 0.15) is 32.3 Å². The van der Waals surface area contributed by atoms with Gasteiger partial charge >= 0.3 is 0 Å². The minimum atomic E-state index is -0.465. The maximum atomic E-state index is 13.4. The molecule has 20 heavy (non-hydrogen) atoms. The van der Waals surface area contributed by atoms with Gasteiger partial charge in [0.1, 0.15) is 5.82 Å². The van der Waals surface area contributed by atoms with Crippen molar-refractivity contribution < 1.29 is 9.18 Å². The zero-order valence-corrected chi connectivity index (χ0v) is 12.4. The zero-order valence-electron chi connectivity index (χ0n) is 12.4. The van der Waals surface area contributed by atoms with Crippen molar-refractivity contribution in [2.75, 3.05) is 18.4 Å². The number of carbonyl (C=O) groups is 1. The molecule has 0 aromatic heterocycles. The van der Waals surface area contributed by atoms with Crippen LogP contribution in [0.15, 0.2) is 18.2 Å². The number of hydrogen-bond acceptors (Lipinski definition) is 2. The van der Waals surface area contributed by atoms with E-state index in [-0.39, 0.29) is 11.7 Å². The van der Waals surface area contributed by atoms with E-state index >= 15 is 0 Å². The number of rotatable bonds is 3. The molecule has 110 valence electrons. The lowest BCUT2D eigenvalue weighted by Crippen LogP contribution is -2.44. The van der Waals surface area contributed by atoms with Gasteiger partial charge in [-0.2, -0.15) is 0 Å². The largest absolute Gasteiger partial charge is 0.326 e. The van der Waals surface area contributed by atoms with E-state index in [0.29, 0.717) is 11.6 Å². The molecule has 1 atom stereocenters. The molecular formula is C16H23FN2O. The summed E-state index contributed by atoms with van der Waals surface area (Å²) in [6.07, 6.45) is 2.15. The second-order valence-corrected chi connectivity index (χ2v) is 6.24. The van der Waals surface area contributed by atoms with Gasteiger partial charge in [0.05, 0.1) is 0 Å². The molecule has 1 aromatic carbocycles. The van der Waals surface area contributed by atoms with Crippen molar-refractivity contribution in [3.05, 3.63) is 29.6 Å². The van der Waals surface area contributed by atoms with E-state index in [9.17, 15) is 9.18 Å². The molecule has 0 aliphatic carbocycles. The zero-order chi connectivity index (χ0) is 14.8. The van der Waals surface area contributed by atoms with Crippen LogP contribution in [0, 0.1) is 24.1 Å². The Morgan fingerprint density at radius 3 is 2.75 bits per heavy atom. The second-order valence-electron chi connectivity index (χ2n) is 6.24. The van der Waals surface area contributed by atoms with Gasteiger partial charge in [-0.3, -0.25) is 4.79 Å². The summed E-state index contributed by atoms with van der Waals surface area (Å²) in [7, 11) is 0. The Kier molecular flexibility index (Phi) is 4.43. The quantitative estimate of drug-likeness (QED) is 0.892. The fourth-order valence-electron chi connectivity index (χ4n) is 2.75. The normalized spacial score (nSPS) is 19.7. The molecule has 1 aromatic rings. The predicted molar refractivity (Wildman–Crippen MR) is 79.1 cm³/mol. The number of anilines is 1. The van der Waals surface area contributed by atoms with Crippen LogP contribution in [0.4, 0.5) is 10.1 Å². The monoisotopic (exact) mass is 278 g/mol. The average molecular weight is 278 g/mol. The summed E-state index contributed by atoms with van der Waals surface area (Å²) in [6, 6.07) is 4.60. The van der Waals surface area contributed by atoms with Crippen LogP contribution in [0.3, 0.4) is 0 Å². The van der Waals surface area contributed by atoms with E-state index in [4.69, 9.17) is 0 Å². The van der Waals surface area contributed by atoms with E-state index in [1.807, 2.05) is 20.8 Å². The van der Waals surface area contributed by atoms with Gasteiger partial charge < -0.3 is 10.6 Å². The number of carbonyl (C=O) groups excluding carboxylic acids is 1. The van der Waals surface area contributed by atoms with E-state index in [2.05, 4.69) is 10.6 Å². The van der Waals surface area contributed by atoms with Crippen LogP contribution < -0.4 is 10.6 Å². The molecule has 1 saturated heterocycles. The van der Waals surface area contributed by atoms with E-state index in [1.54, 1.807) is 6.07 Å². The van der Waals surface area contributed by atoms with Gasteiger partial charge in [0, 0.05) is 11.1 Å². The topological polar surface area (TPSA) is 41.1 Å². The van der Waals surface area contributed by atoms with Gasteiger partial charge in [-0.15, -0.1) is 0 Å². The minimum absolute atomic E-state index is 0.0452. The van der Waals surface area contributed by atoms with E-state index in [0.717, 1.165) is 31.5 Å². The first-order valence-corrected chi connectivity index (χ1v) is 7.19. The molecule has 0 bridgehead atoms. The lowest BCUT2D eigenvalue weighted by Gasteiger charge is -2.36. The lowest BCUT2D eigenvalue weighted by atomic mass is 9.74. The van der Waals surface area contributed by atoms with Crippen molar-refractivity contribution in [3.63, 3.8) is 0 Å². The Hall–Kier alpha value is -1.42. The average Bonchev–Trinajstić information content (AvgIpc) is 2.38. The smallest absolute Gasteiger partial charge is 0.230 e. The molecule has 1 aliphatic heterocycles. The number of aryl methyl sites for hydroxylation is 1. The minimum Gasteiger partial charge on any atom is -0.326 e. The molecule has 4 heteroatoms. The Morgan fingerprint density at radius 2 is 2.15 bits per heavy atom. The van der Waals surface area contributed by atoms with Crippen molar-refractivity contribution in [1.82, 2.24) is 5.32 Å². The lowest BCUT2D eigenvalue weighted by molar-refractivity contribution is -0.127. The van der Waals surface area contributed by atoms with Crippen molar-refractivity contribution in [2.45, 2.75) is 33.6 Å². The van der Waals surface area contributed by atoms with Gasteiger partial charge in [-0.1, -0.05) is 13.8 Å². The highest BCUT2D eigenvalue weighted by atomic mass is 19.1. The summed E-state index contributed by atoms with van der Waals surface area (Å²) in [5.74, 6) is -0.0560. The fourth-order valence-corrected chi connectivity index (χ4v) is 2.75. The molecule has 1 unspecified atom stereocenters. The first-order chi connectivity index (χ1) is 9.39. The van der Waals surface area contributed by atoms with Crippen molar-refractivity contribution in [3.8, 4) is 0 Å². The number of amides is 1. The molecule has 2 rings (SSSR count). The molecule has 0 saturated carbocycles. The molecule has 1 heterocycles. The van der Waals surface area contributed by atoms with Crippen molar-refractivity contribution in [1.29, 1.82) is 0 Å². The number of piperidine rings is 1. The Morgan fingerprint density at radius 1 is 1.40 bits per heavy atom. The SMILES string of the molecule is Cc1cc(F)cc(NC(=O)C(C)(C)C2CCCNC2)c1. The summed E-state index contributed by atoms with van der Waals surface area (Å²) < 4.78 is 13.4. The van der Waals surface area contributed by atoms with Crippen LogP contribution in [0.2, 0.25) is 0 Å².